The lowest BCUT2D eigenvalue weighted by molar-refractivity contribution is 0.187. The Morgan fingerprint density at radius 2 is 2.17 bits per heavy atom. The number of H-pyrrole nitrogens is 1. The van der Waals surface area contributed by atoms with Gasteiger partial charge in [-0.2, -0.15) is 5.10 Å². The van der Waals surface area contributed by atoms with Gasteiger partial charge in [-0.05, 0) is 19.4 Å². The van der Waals surface area contributed by atoms with Crippen LogP contribution in [0.2, 0.25) is 0 Å². The van der Waals surface area contributed by atoms with Crippen LogP contribution in [0, 0.1) is 0 Å². The molecule has 5 nitrogen and oxygen atoms in total. The van der Waals surface area contributed by atoms with E-state index in [1.165, 1.54) is 25.7 Å². The molecular weight excluding hydrogens is 228 g/mol. The Balaban J connectivity index is 1.71. The molecule has 2 unspecified atom stereocenters. The second-order valence-electron chi connectivity index (χ2n) is 5.37. The molecule has 0 aromatic carbocycles. The quantitative estimate of drug-likeness (QED) is 0.851. The molecule has 0 bridgehead atoms. The molecule has 18 heavy (non-hydrogen) atoms. The van der Waals surface area contributed by atoms with Crippen LogP contribution in [0.4, 0.5) is 0 Å². The van der Waals surface area contributed by atoms with Gasteiger partial charge in [0.05, 0.1) is 19.1 Å². The predicted molar refractivity (Wildman–Crippen MR) is 68.6 cm³/mol. The van der Waals surface area contributed by atoms with Crippen LogP contribution in [0.1, 0.15) is 56.1 Å². The van der Waals surface area contributed by atoms with Crippen LogP contribution in [0.5, 0.6) is 0 Å². The lowest BCUT2D eigenvalue weighted by Crippen LogP contribution is -2.34. The molecule has 2 aliphatic rings. The van der Waals surface area contributed by atoms with Crippen molar-refractivity contribution in [3.8, 4) is 0 Å². The third-order valence-electron chi connectivity index (χ3n) is 4.14. The fourth-order valence-corrected chi connectivity index (χ4v) is 3.11. The summed E-state index contributed by atoms with van der Waals surface area (Å²) in [7, 11) is 0. The zero-order valence-electron chi connectivity index (χ0n) is 11.0. The first-order valence-electron chi connectivity index (χ1n) is 7.11. The van der Waals surface area contributed by atoms with E-state index >= 15 is 0 Å². The van der Waals surface area contributed by atoms with Gasteiger partial charge >= 0.3 is 0 Å². The summed E-state index contributed by atoms with van der Waals surface area (Å²) in [5.74, 6) is 2.92. The summed E-state index contributed by atoms with van der Waals surface area (Å²) in [5, 5.41) is 11.0. The van der Waals surface area contributed by atoms with Crippen LogP contribution in [-0.4, -0.2) is 41.0 Å². The van der Waals surface area contributed by atoms with E-state index in [4.69, 9.17) is 9.72 Å². The number of aromatic nitrogens is 3. The third-order valence-corrected chi connectivity index (χ3v) is 4.14. The molecule has 3 rings (SSSR count). The van der Waals surface area contributed by atoms with Crippen LogP contribution in [0.15, 0.2) is 0 Å². The van der Waals surface area contributed by atoms with Crippen LogP contribution in [-0.2, 0) is 4.74 Å². The van der Waals surface area contributed by atoms with Crippen LogP contribution in [0.25, 0.3) is 0 Å². The first-order chi connectivity index (χ1) is 8.88. The highest BCUT2D eigenvalue weighted by molar-refractivity contribution is 5.08. The van der Waals surface area contributed by atoms with Gasteiger partial charge in [-0.1, -0.05) is 19.8 Å². The van der Waals surface area contributed by atoms with Crippen molar-refractivity contribution in [1.82, 2.24) is 20.5 Å². The molecule has 0 radical (unpaired) electrons. The van der Waals surface area contributed by atoms with Gasteiger partial charge in [-0.25, -0.2) is 4.98 Å². The van der Waals surface area contributed by atoms with Gasteiger partial charge in [0.1, 0.15) is 5.82 Å². The Bertz CT molecular complexity index is 386. The fraction of sp³-hybridized carbons (Fsp3) is 0.846. The number of ether oxygens (including phenoxy) is 1. The van der Waals surface area contributed by atoms with Gasteiger partial charge in [0, 0.05) is 12.0 Å². The maximum atomic E-state index is 5.56. The van der Waals surface area contributed by atoms with Crippen molar-refractivity contribution in [2.75, 3.05) is 19.8 Å². The monoisotopic (exact) mass is 250 g/mol. The second kappa shape index (κ2) is 5.36. The summed E-state index contributed by atoms with van der Waals surface area (Å²) < 4.78 is 5.56. The van der Waals surface area contributed by atoms with E-state index in [0.717, 1.165) is 31.4 Å². The molecule has 0 amide bonds. The first-order valence-corrected chi connectivity index (χ1v) is 7.11. The first kappa shape index (κ1) is 12.1. The second-order valence-corrected chi connectivity index (χ2v) is 5.37. The van der Waals surface area contributed by atoms with E-state index in [9.17, 15) is 0 Å². The smallest absolute Gasteiger partial charge is 0.153 e. The summed E-state index contributed by atoms with van der Waals surface area (Å²) in [5.41, 5.74) is 0. The van der Waals surface area contributed by atoms with Gasteiger partial charge < -0.3 is 10.1 Å². The Morgan fingerprint density at radius 3 is 2.94 bits per heavy atom. The molecular formula is C13H22N4O. The fourth-order valence-electron chi connectivity index (χ4n) is 3.11. The summed E-state index contributed by atoms with van der Waals surface area (Å²) in [6.07, 6.45) is 5.13. The van der Waals surface area contributed by atoms with Gasteiger partial charge in [0.25, 0.3) is 0 Å². The Hall–Kier alpha value is -0.940. The average Bonchev–Trinajstić information content (AvgIpc) is 3.10. The Kier molecular flexibility index (Phi) is 3.61. The zero-order chi connectivity index (χ0) is 12.4. The van der Waals surface area contributed by atoms with Gasteiger partial charge in [-0.15, -0.1) is 0 Å². The summed E-state index contributed by atoms with van der Waals surface area (Å²) in [6, 6.07) is 0.374. The van der Waals surface area contributed by atoms with Crippen molar-refractivity contribution in [3.63, 3.8) is 0 Å². The zero-order valence-corrected chi connectivity index (χ0v) is 11.0. The van der Waals surface area contributed by atoms with Crippen molar-refractivity contribution in [2.24, 2.45) is 0 Å². The van der Waals surface area contributed by atoms with Crippen molar-refractivity contribution < 1.29 is 4.74 Å². The molecule has 1 saturated carbocycles. The molecule has 1 saturated heterocycles. The minimum Gasteiger partial charge on any atom is -0.379 e. The molecule has 1 aromatic rings. The molecule has 100 valence electrons. The Labute approximate surface area is 108 Å². The number of likely N-dealkylation sites (N-methyl/N-ethyl adjacent to an activating group) is 1. The normalized spacial score (nSPS) is 29.2. The highest BCUT2D eigenvalue weighted by Gasteiger charge is 2.32. The molecule has 2 fully saturated rings. The molecule has 0 spiro atoms. The SMILES string of the molecule is CCNC1COCC1c1nc(C2CCCC2)n[nH]1. The van der Waals surface area contributed by atoms with E-state index in [2.05, 4.69) is 22.4 Å². The number of nitrogens with one attached hydrogen (secondary N) is 2. The largest absolute Gasteiger partial charge is 0.379 e. The minimum atomic E-state index is 0.326. The van der Waals surface area contributed by atoms with Gasteiger partial charge in [0.15, 0.2) is 5.82 Å². The number of hydrogen-bond acceptors (Lipinski definition) is 4. The molecule has 2 heterocycles. The van der Waals surface area contributed by atoms with Crippen molar-refractivity contribution >= 4 is 0 Å². The lowest BCUT2D eigenvalue weighted by Gasteiger charge is -2.15. The molecule has 2 atom stereocenters. The maximum Gasteiger partial charge on any atom is 0.153 e. The maximum absolute atomic E-state index is 5.56. The van der Waals surface area contributed by atoms with Gasteiger partial charge in [0.2, 0.25) is 0 Å². The van der Waals surface area contributed by atoms with Crippen LogP contribution >= 0.6 is 0 Å². The van der Waals surface area contributed by atoms with E-state index in [0.29, 0.717) is 17.9 Å². The summed E-state index contributed by atoms with van der Waals surface area (Å²) in [6.45, 7) is 4.61. The number of nitrogens with zero attached hydrogens (tertiary/aromatic N) is 2. The van der Waals surface area contributed by atoms with E-state index in [1.807, 2.05) is 0 Å². The molecule has 2 N–H and O–H groups in total. The minimum absolute atomic E-state index is 0.326. The number of hydrogen-bond donors (Lipinski definition) is 2. The van der Waals surface area contributed by atoms with Crippen molar-refractivity contribution in [1.29, 1.82) is 0 Å². The van der Waals surface area contributed by atoms with Crippen molar-refractivity contribution in [3.05, 3.63) is 11.6 Å². The summed E-state index contributed by atoms with van der Waals surface area (Å²) in [4.78, 5) is 4.72. The lowest BCUT2D eigenvalue weighted by atomic mass is 10.0. The predicted octanol–water partition coefficient (Wildman–Crippen LogP) is 1.55. The summed E-state index contributed by atoms with van der Waals surface area (Å²) >= 11 is 0. The van der Waals surface area contributed by atoms with E-state index < -0.39 is 0 Å². The molecule has 5 heteroatoms. The average molecular weight is 250 g/mol. The third kappa shape index (κ3) is 2.29. The van der Waals surface area contributed by atoms with Crippen LogP contribution < -0.4 is 5.32 Å². The Morgan fingerprint density at radius 1 is 1.33 bits per heavy atom. The highest BCUT2D eigenvalue weighted by atomic mass is 16.5. The van der Waals surface area contributed by atoms with Gasteiger partial charge in [-0.3, -0.25) is 5.10 Å². The highest BCUT2D eigenvalue weighted by Crippen LogP contribution is 2.33. The standard InChI is InChI=1S/C13H22N4O/c1-2-14-11-8-18-7-10(11)13-15-12(16-17-13)9-5-3-4-6-9/h9-11,14H,2-8H2,1H3,(H,15,16,17). The number of aromatic amines is 1. The molecule has 1 aliphatic heterocycles. The van der Waals surface area contributed by atoms with Crippen molar-refractivity contribution in [2.45, 2.75) is 50.5 Å². The van der Waals surface area contributed by atoms with Crippen LogP contribution in [0.3, 0.4) is 0 Å². The van der Waals surface area contributed by atoms with E-state index in [1.54, 1.807) is 0 Å². The molecule has 1 aliphatic carbocycles. The van der Waals surface area contributed by atoms with E-state index in [-0.39, 0.29) is 0 Å². The topological polar surface area (TPSA) is 62.8 Å². The molecule has 1 aromatic heterocycles. The number of rotatable bonds is 4.